The molecule has 3 rings (SSSR count). The Bertz CT molecular complexity index is 878. The van der Waals surface area contributed by atoms with Crippen molar-refractivity contribution < 1.29 is 9.90 Å². The van der Waals surface area contributed by atoms with Crippen LogP contribution in [-0.4, -0.2) is 20.6 Å². The first-order valence-electron chi connectivity index (χ1n) is 6.25. The number of benzene rings is 2. The first kappa shape index (κ1) is 13.5. The van der Waals surface area contributed by atoms with Crippen molar-refractivity contribution in [2.45, 2.75) is 6.54 Å². The molecule has 0 aliphatic carbocycles. The molecule has 6 heteroatoms. The molecule has 0 radical (unpaired) electrons. The number of aromatic carboxylic acids is 1. The number of nitrogens with one attached hydrogen (secondary N) is 1. The van der Waals surface area contributed by atoms with Gasteiger partial charge >= 0.3 is 11.7 Å². The fourth-order valence-electron chi connectivity index (χ4n) is 2.32. The number of imidazole rings is 1. The quantitative estimate of drug-likeness (QED) is 0.781. The number of carbonyl (C=O) groups is 1. The number of rotatable bonds is 3. The molecule has 0 aliphatic heterocycles. The van der Waals surface area contributed by atoms with Gasteiger partial charge < -0.3 is 10.1 Å². The van der Waals surface area contributed by atoms with Crippen LogP contribution in [-0.2, 0) is 6.54 Å². The fraction of sp³-hybridized carbons (Fsp3) is 0.0667. The summed E-state index contributed by atoms with van der Waals surface area (Å²) in [5.74, 6) is -1.07. The van der Waals surface area contributed by atoms with Crippen molar-refractivity contribution in [2.24, 2.45) is 0 Å². The number of hydrogen-bond acceptors (Lipinski definition) is 2. The van der Waals surface area contributed by atoms with E-state index in [-0.39, 0.29) is 17.8 Å². The topological polar surface area (TPSA) is 75.1 Å². The van der Waals surface area contributed by atoms with Gasteiger partial charge in [-0.05, 0) is 29.8 Å². The molecule has 2 N–H and O–H groups in total. The molecular formula is C15H11ClN2O3. The summed E-state index contributed by atoms with van der Waals surface area (Å²) in [6, 6.07) is 11.8. The Hall–Kier alpha value is -2.53. The molecule has 0 unspecified atom stereocenters. The lowest BCUT2D eigenvalue weighted by Crippen LogP contribution is -2.18. The number of aromatic nitrogens is 2. The Balaban J connectivity index is 2.17. The normalized spacial score (nSPS) is 10.9. The van der Waals surface area contributed by atoms with Crippen LogP contribution >= 0.6 is 11.6 Å². The summed E-state index contributed by atoms with van der Waals surface area (Å²) in [6.07, 6.45) is 0. The first-order valence-corrected chi connectivity index (χ1v) is 6.63. The third-order valence-corrected chi connectivity index (χ3v) is 3.53. The molecule has 21 heavy (non-hydrogen) atoms. The maximum atomic E-state index is 12.1. The van der Waals surface area contributed by atoms with E-state index in [0.29, 0.717) is 16.1 Å². The highest BCUT2D eigenvalue weighted by Gasteiger charge is 2.15. The minimum Gasteiger partial charge on any atom is -0.478 e. The van der Waals surface area contributed by atoms with Gasteiger partial charge in [-0.3, -0.25) is 4.57 Å². The summed E-state index contributed by atoms with van der Waals surface area (Å²) in [6.45, 7) is 0.278. The van der Waals surface area contributed by atoms with Gasteiger partial charge in [0.2, 0.25) is 0 Å². The highest BCUT2D eigenvalue weighted by atomic mass is 35.5. The van der Waals surface area contributed by atoms with Crippen LogP contribution in [0.5, 0.6) is 0 Å². The number of fused-ring (bicyclic) bond motifs is 1. The van der Waals surface area contributed by atoms with Crippen LogP contribution in [0, 0.1) is 0 Å². The third kappa shape index (κ3) is 2.43. The van der Waals surface area contributed by atoms with E-state index < -0.39 is 5.97 Å². The average molecular weight is 303 g/mol. The SMILES string of the molecule is O=C(O)c1cccc2[nH]c(=O)n(Cc3ccc(Cl)cc3)c12. The van der Waals surface area contributed by atoms with E-state index in [4.69, 9.17) is 11.6 Å². The van der Waals surface area contributed by atoms with Crippen molar-refractivity contribution in [1.82, 2.24) is 9.55 Å². The van der Waals surface area contributed by atoms with E-state index in [1.807, 2.05) is 0 Å². The summed E-state index contributed by atoms with van der Waals surface area (Å²) in [7, 11) is 0. The second-order valence-corrected chi connectivity index (χ2v) is 5.09. The lowest BCUT2D eigenvalue weighted by atomic mass is 10.1. The Morgan fingerprint density at radius 3 is 2.57 bits per heavy atom. The molecule has 2 aromatic carbocycles. The predicted octanol–water partition coefficient (Wildman–Crippen LogP) is 2.73. The zero-order valence-electron chi connectivity index (χ0n) is 10.8. The maximum Gasteiger partial charge on any atom is 0.337 e. The van der Waals surface area contributed by atoms with Gasteiger partial charge in [-0.15, -0.1) is 0 Å². The van der Waals surface area contributed by atoms with E-state index in [9.17, 15) is 14.7 Å². The van der Waals surface area contributed by atoms with Gasteiger partial charge in [-0.2, -0.15) is 0 Å². The molecule has 5 nitrogen and oxygen atoms in total. The number of nitrogens with zero attached hydrogens (tertiary/aromatic N) is 1. The van der Waals surface area contributed by atoms with Gasteiger partial charge in [0.15, 0.2) is 0 Å². The molecule has 0 spiro atoms. The number of H-pyrrole nitrogens is 1. The van der Waals surface area contributed by atoms with Crippen molar-refractivity contribution in [1.29, 1.82) is 0 Å². The number of carboxylic acids is 1. The average Bonchev–Trinajstić information content (AvgIpc) is 2.77. The molecule has 0 saturated heterocycles. The summed E-state index contributed by atoms with van der Waals surface area (Å²) >= 11 is 5.83. The Labute approximate surface area is 124 Å². The molecule has 3 aromatic rings. The van der Waals surface area contributed by atoms with Gasteiger partial charge in [0.05, 0.1) is 23.1 Å². The van der Waals surface area contributed by atoms with Gasteiger partial charge in [-0.1, -0.05) is 29.8 Å². The van der Waals surface area contributed by atoms with Crippen molar-refractivity contribution in [3.8, 4) is 0 Å². The number of para-hydroxylation sites is 1. The van der Waals surface area contributed by atoms with Crippen LogP contribution in [0.2, 0.25) is 5.02 Å². The molecule has 0 saturated carbocycles. The molecule has 106 valence electrons. The molecule has 0 aliphatic rings. The highest BCUT2D eigenvalue weighted by Crippen LogP contribution is 2.18. The third-order valence-electron chi connectivity index (χ3n) is 3.28. The maximum absolute atomic E-state index is 12.1. The fourth-order valence-corrected chi connectivity index (χ4v) is 2.44. The standard InChI is InChI=1S/C15H11ClN2O3/c16-10-6-4-9(5-7-10)8-18-13-11(14(19)20)2-1-3-12(13)17-15(18)21/h1-7H,8H2,(H,17,21)(H,19,20). The van der Waals surface area contributed by atoms with Gasteiger partial charge in [0.1, 0.15) is 0 Å². The molecule has 0 fully saturated rings. The zero-order chi connectivity index (χ0) is 15.0. The Morgan fingerprint density at radius 1 is 1.19 bits per heavy atom. The van der Waals surface area contributed by atoms with Gasteiger partial charge in [0, 0.05) is 5.02 Å². The van der Waals surface area contributed by atoms with Crippen molar-refractivity contribution in [2.75, 3.05) is 0 Å². The number of carboxylic acid groups (broad SMARTS) is 1. The van der Waals surface area contributed by atoms with Crippen LogP contribution < -0.4 is 5.69 Å². The van der Waals surface area contributed by atoms with Crippen molar-refractivity contribution >= 4 is 28.6 Å². The van der Waals surface area contributed by atoms with E-state index in [1.54, 1.807) is 36.4 Å². The highest BCUT2D eigenvalue weighted by molar-refractivity contribution is 6.30. The predicted molar refractivity (Wildman–Crippen MR) is 80.1 cm³/mol. The number of halogens is 1. The molecule has 0 atom stereocenters. The first-order chi connectivity index (χ1) is 10.1. The smallest absolute Gasteiger partial charge is 0.337 e. The monoisotopic (exact) mass is 302 g/mol. The van der Waals surface area contributed by atoms with Crippen LogP contribution in [0.1, 0.15) is 15.9 Å². The van der Waals surface area contributed by atoms with E-state index in [1.165, 1.54) is 10.6 Å². The summed E-state index contributed by atoms with van der Waals surface area (Å²) < 4.78 is 1.42. The van der Waals surface area contributed by atoms with E-state index in [2.05, 4.69) is 4.98 Å². The van der Waals surface area contributed by atoms with Crippen LogP contribution in [0.15, 0.2) is 47.3 Å². The van der Waals surface area contributed by atoms with Gasteiger partial charge in [-0.25, -0.2) is 9.59 Å². The number of aromatic amines is 1. The summed E-state index contributed by atoms with van der Waals surface area (Å²) in [4.78, 5) is 26.1. The zero-order valence-corrected chi connectivity index (χ0v) is 11.6. The molecule has 1 aromatic heterocycles. The summed E-state index contributed by atoms with van der Waals surface area (Å²) in [5, 5.41) is 9.88. The second-order valence-electron chi connectivity index (χ2n) is 4.65. The lowest BCUT2D eigenvalue weighted by molar-refractivity contribution is 0.0698. The number of hydrogen-bond donors (Lipinski definition) is 2. The van der Waals surface area contributed by atoms with E-state index >= 15 is 0 Å². The van der Waals surface area contributed by atoms with Crippen molar-refractivity contribution in [3.05, 3.63) is 69.1 Å². The Kier molecular flexibility index (Phi) is 3.27. The molecule has 0 bridgehead atoms. The van der Waals surface area contributed by atoms with Crippen LogP contribution in [0.25, 0.3) is 11.0 Å². The van der Waals surface area contributed by atoms with Gasteiger partial charge in [0.25, 0.3) is 0 Å². The van der Waals surface area contributed by atoms with E-state index in [0.717, 1.165) is 5.56 Å². The second kappa shape index (κ2) is 5.10. The molecular weight excluding hydrogens is 292 g/mol. The van der Waals surface area contributed by atoms with Crippen LogP contribution in [0.3, 0.4) is 0 Å². The Morgan fingerprint density at radius 2 is 1.90 bits per heavy atom. The molecule has 1 heterocycles. The van der Waals surface area contributed by atoms with Crippen LogP contribution in [0.4, 0.5) is 0 Å². The summed E-state index contributed by atoms with van der Waals surface area (Å²) in [5.41, 5.74) is 1.52. The largest absolute Gasteiger partial charge is 0.478 e. The lowest BCUT2D eigenvalue weighted by Gasteiger charge is -2.06. The minimum atomic E-state index is -1.07. The van der Waals surface area contributed by atoms with Crippen molar-refractivity contribution in [3.63, 3.8) is 0 Å². The molecule has 0 amide bonds. The minimum absolute atomic E-state index is 0.0970.